The first-order valence-corrected chi connectivity index (χ1v) is 8.14. The van der Waals surface area contributed by atoms with E-state index in [-0.39, 0.29) is 6.61 Å². The molecular weight excluding hydrogens is 404 g/mol. The number of ether oxygens (including phenoxy) is 1. The fourth-order valence-electron chi connectivity index (χ4n) is 1.77. The lowest BCUT2D eigenvalue weighted by Gasteiger charge is -2.04. The molecule has 0 fully saturated rings. The first-order chi connectivity index (χ1) is 12.4. The van der Waals surface area contributed by atoms with Gasteiger partial charge in [0, 0.05) is 10.2 Å². The van der Waals surface area contributed by atoms with Gasteiger partial charge in [0.25, 0.3) is 5.91 Å². The quantitative estimate of drug-likeness (QED) is 0.372. The van der Waals surface area contributed by atoms with Crippen molar-refractivity contribution in [1.29, 1.82) is 0 Å². The number of hydrazone groups is 1. The van der Waals surface area contributed by atoms with Crippen LogP contribution in [0.1, 0.15) is 5.56 Å². The molecule has 0 saturated carbocycles. The predicted octanol–water partition coefficient (Wildman–Crippen LogP) is 1.40. The molecule has 0 aliphatic heterocycles. The lowest BCUT2D eigenvalue weighted by Crippen LogP contribution is -2.32. The Balaban J connectivity index is 1.84. The van der Waals surface area contributed by atoms with Crippen LogP contribution in [0.2, 0.25) is 0 Å². The fourth-order valence-corrected chi connectivity index (χ4v) is 2.17. The van der Waals surface area contributed by atoms with Gasteiger partial charge in [-0.25, -0.2) is 5.43 Å². The predicted molar refractivity (Wildman–Crippen MR) is 99.6 cm³/mol. The third-order valence-electron chi connectivity index (χ3n) is 2.93. The maximum atomic E-state index is 11.8. The molecular formula is C17H15BrN4O4. The van der Waals surface area contributed by atoms with Gasteiger partial charge in [0.2, 0.25) is 0 Å². The minimum atomic E-state index is -0.900. The molecule has 0 aliphatic rings. The van der Waals surface area contributed by atoms with Crippen LogP contribution < -0.4 is 21.2 Å². The van der Waals surface area contributed by atoms with Crippen LogP contribution in [-0.2, 0) is 14.4 Å². The van der Waals surface area contributed by atoms with E-state index < -0.39 is 17.7 Å². The van der Waals surface area contributed by atoms with Crippen molar-refractivity contribution in [3.63, 3.8) is 0 Å². The topological polar surface area (TPSA) is 123 Å². The van der Waals surface area contributed by atoms with Gasteiger partial charge in [-0.3, -0.25) is 14.4 Å². The van der Waals surface area contributed by atoms with Crippen molar-refractivity contribution < 1.29 is 19.1 Å². The standard InChI is InChI=1S/C17H15BrN4O4/c18-12-2-1-3-13(8-12)21-16(24)17(25)22-20-9-11-4-6-14(7-5-11)26-10-15(19)23/h1-9H,10H2,(H2,19,23)(H,21,24)(H,22,25)/b20-9-. The molecule has 0 atom stereocenters. The average molecular weight is 419 g/mol. The van der Waals surface area contributed by atoms with E-state index in [2.05, 4.69) is 31.8 Å². The van der Waals surface area contributed by atoms with E-state index in [1.807, 2.05) is 0 Å². The maximum absolute atomic E-state index is 11.8. The van der Waals surface area contributed by atoms with Crippen LogP contribution in [0.15, 0.2) is 58.1 Å². The molecule has 0 unspecified atom stereocenters. The summed E-state index contributed by atoms with van der Waals surface area (Å²) in [6.45, 7) is -0.212. The number of amides is 3. The van der Waals surface area contributed by atoms with Gasteiger partial charge in [-0.05, 0) is 48.0 Å². The molecule has 0 heterocycles. The summed E-state index contributed by atoms with van der Waals surface area (Å²) in [5.41, 5.74) is 8.26. The van der Waals surface area contributed by atoms with Crippen LogP contribution >= 0.6 is 15.9 Å². The summed E-state index contributed by atoms with van der Waals surface area (Å²) in [5.74, 6) is -1.84. The number of nitrogens with one attached hydrogen (secondary N) is 2. The molecule has 134 valence electrons. The Labute approximate surface area is 157 Å². The third kappa shape index (κ3) is 6.36. The fraction of sp³-hybridized carbons (Fsp3) is 0.0588. The first-order valence-electron chi connectivity index (χ1n) is 7.35. The third-order valence-corrected chi connectivity index (χ3v) is 3.42. The zero-order valence-corrected chi connectivity index (χ0v) is 15.0. The van der Waals surface area contributed by atoms with Gasteiger partial charge in [0.1, 0.15) is 5.75 Å². The summed E-state index contributed by atoms with van der Waals surface area (Å²) in [5, 5.41) is 6.17. The Bertz CT molecular complexity index is 837. The molecule has 2 aromatic carbocycles. The van der Waals surface area contributed by atoms with Crippen molar-refractivity contribution in [3.05, 3.63) is 58.6 Å². The highest BCUT2D eigenvalue weighted by Crippen LogP contribution is 2.15. The van der Waals surface area contributed by atoms with Gasteiger partial charge in [-0.1, -0.05) is 22.0 Å². The SMILES string of the molecule is NC(=O)COc1ccc(/C=N\NC(=O)C(=O)Nc2cccc(Br)c2)cc1. The van der Waals surface area contributed by atoms with E-state index in [9.17, 15) is 14.4 Å². The summed E-state index contributed by atoms with van der Waals surface area (Å²) in [6, 6.07) is 13.4. The number of carbonyl (C=O) groups excluding carboxylic acids is 3. The second kappa shape index (κ2) is 9.33. The number of nitrogens with two attached hydrogens (primary N) is 1. The maximum Gasteiger partial charge on any atom is 0.329 e. The van der Waals surface area contributed by atoms with Crippen molar-refractivity contribution >= 4 is 45.6 Å². The van der Waals surface area contributed by atoms with E-state index in [1.54, 1.807) is 48.5 Å². The number of anilines is 1. The second-order valence-electron chi connectivity index (χ2n) is 4.99. The lowest BCUT2D eigenvalue weighted by atomic mass is 10.2. The Kier molecular flexibility index (Phi) is 6.86. The summed E-state index contributed by atoms with van der Waals surface area (Å²) in [6.07, 6.45) is 1.36. The molecule has 0 aromatic heterocycles. The molecule has 26 heavy (non-hydrogen) atoms. The number of primary amides is 1. The van der Waals surface area contributed by atoms with Crippen LogP contribution in [-0.4, -0.2) is 30.5 Å². The summed E-state index contributed by atoms with van der Waals surface area (Å²) < 4.78 is 5.89. The van der Waals surface area contributed by atoms with Crippen LogP contribution in [0.5, 0.6) is 5.75 Å². The van der Waals surface area contributed by atoms with Gasteiger partial charge in [-0.2, -0.15) is 5.10 Å². The first kappa shape index (κ1) is 19.1. The Morgan fingerprint density at radius 3 is 2.50 bits per heavy atom. The van der Waals surface area contributed by atoms with Crippen molar-refractivity contribution in [3.8, 4) is 5.75 Å². The molecule has 0 spiro atoms. The molecule has 0 radical (unpaired) electrons. The number of hydrogen-bond acceptors (Lipinski definition) is 5. The normalized spacial score (nSPS) is 10.3. The van der Waals surface area contributed by atoms with Crippen molar-refractivity contribution in [2.45, 2.75) is 0 Å². The van der Waals surface area contributed by atoms with E-state index in [4.69, 9.17) is 10.5 Å². The van der Waals surface area contributed by atoms with E-state index in [0.29, 0.717) is 17.0 Å². The molecule has 8 nitrogen and oxygen atoms in total. The number of carbonyl (C=O) groups is 3. The van der Waals surface area contributed by atoms with Gasteiger partial charge in [0.05, 0.1) is 6.21 Å². The number of halogens is 1. The van der Waals surface area contributed by atoms with Crippen molar-refractivity contribution in [1.82, 2.24) is 5.43 Å². The minimum Gasteiger partial charge on any atom is -0.484 e. The molecule has 3 amide bonds. The van der Waals surface area contributed by atoms with Crippen LogP contribution in [0.4, 0.5) is 5.69 Å². The molecule has 4 N–H and O–H groups in total. The molecule has 0 bridgehead atoms. The van der Waals surface area contributed by atoms with Crippen molar-refractivity contribution in [2.24, 2.45) is 10.8 Å². The summed E-state index contributed by atoms with van der Waals surface area (Å²) in [4.78, 5) is 34.1. The molecule has 9 heteroatoms. The zero-order chi connectivity index (χ0) is 18.9. The Hall–Kier alpha value is -3.20. The zero-order valence-electron chi connectivity index (χ0n) is 13.4. The highest BCUT2D eigenvalue weighted by atomic mass is 79.9. The van der Waals surface area contributed by atoms with Crippen molar-refractivity contribution in [2.75, 3.05) is 11.9 Å². The van der Waals surface area contributed by atoms with Gasteiger partial charge >= 0.3 is 11.8 Å². The number of hydrogen-bond donors (Lipinski definition) is 3. The van der Waals surface area contributed by atoms with E-state index >= 15 is 0 Å². The monoisotopic (exact) mass is 418 g/mol. The van der Waals surface area contributed by atoms with Crippen LogP contribution in [0.25, 0.3) is 0 Å². The number of benzene rings is 2. The van der Waals surface area contributed by atoms with E-state index in [0.717, 1.165) is 4.47 Å². The molecule has 2 aromatic rings. The van der Waals surface area contributed by atoms with Crippen LogP contribution in [0.3, 0.4) is 0 Å². The molecule has 0 aliphatic carbocycles. The molecule has 2 rings (SSSR count). The highest BCUT2D eigenvalue weighted by Gasteiger charge is 2.12. The molecule has 0 saturated heterocycles. The minimum absolute atomic E-state index is 0.212. The summed E-state index contributed by atoms with van der Waals surface area (Å²) >= 11 is 3.27. The number of nitrogens with zero attached hydrogens (tertiary/aromatic N) is 1. The largest absolute Gasteiger partial charge is 0.484 e. The van der Waals surface area contributed by atoms with Gasteiger partial charge in [-0.15, -0.1) is 0 Å². The lowest BCUT2D eigenvalue weighted by molar-refractivity contribution is -0.136. The van der Waals surface area contributed by atoms with Gasteiger partial charge in [0.15, 0.2) is 6.61 Å². The Morgan fingerprint density at radius 2 is 1.85 bits per heavy atom. The number of rotatable bonds is 6. The van der Waals surface area contributed by atoms with Gasteiger partial charge < -0.3 is 15.8 Å². The second-order valence-corrected chi connectivity index (χ2v) is 5.90. The van der Waals surface area contributed by atoms with Crippen LogP contribution in [0, 0.1) is 0 Å². The highest BCUT2D eigenvalue weighted by molar-refractivity contribution is 9.10. The Morgan fingerprint density at radius 1 is 1.12 bits per heavy atom. The average Bonchev–Trinajstić information content (AvgIpc) is 2.61. The van der Waals surface area contributed by atoms with E-state index in [1.165, 1.54) is 6.21 Å². The smallest absolute Gasteiger partial charge is 0.329 e. The summed E-state index contributed by atoms with van der Waals surface area (Å²) in [7, 11) is 0.